The van der Waals surface area contributed by atoms with Gasteiger partial charge in [-0.25, -0.2) is 0 Å². The topological polar surface area (TPSA) is 75.6 Å². The van der Waals surface area contributed by atoms with Gasteiger partial charge >= 0.3 is 5.97 Å². The number of carboxylic acids is 1. The van der Waals surface area contributed by atoms with Crippen molar-refractivity contribution >= 4 is 11.9 Å². The lowest BCUT2D eigenvalue weighted by atomic mass is 10.1. The van der Waals surface area contributed by atoms with Crippen molar-refractivity contribution in [2.75, 3.05) is 13.2 Å². The summed E-state index contributed by atoms with van der Waals surface area (Å²) in [6, 6.07) is 5.94. The first-order valence-corrected chi connectivity index (χ1v) is 6.67. The minimum absolute atomic E-state index is 0.0687. The second-order valence-electron chi connectivity index (χ2n) is 4.71. The van der Waals surface area contributed by atoms with Crippen LogP contribution in [0.3, 0.4) is 0 Å². The molecule has 0 aliphatic carbocycles. The van der Waals surface area contributed by atoms with E-state index in [1.54, 1.807) is 0 Å². The molecule has 0 unspecified atom stereocenters. The van der Waals surface area contributed by atoms with Crippen molar-refractivity contribution in [3.05, 3.63) is 29.3 Å². The summed E-state index contributed by atoms with van der Waals surface area (Å²) in [7, 11) is 0. The first kappa shape index (κ1) is 16.0. The fourth-order valence-corrected chi connectivity index (χ4v) is 1.67. The Morgan fingerprint density at radius 3 is 2.70 bits per heavy atom. The molecule has 5 nitrogen and oxygen atoms in total. The number of carboxylic acid groups (broad SMARTS) is 1. The number of carbonyl (C=O) groups excluding carboxylic acids is 1. The number of hydrogen-bond acceptors (Lipinski definition) is 3. The Balaban J connectivity index is 2.21. The SMILES string of the molecule is Cc1ccc(C)c(OCCC(=O)NCCCC(=O)O)c1. The van der Waals surface area contributed by atoms with Gasteiger partial charge in [-0.3, -0.25) is 9.59 Å². The van der Waals surface area contributed by atoms with E-state index in [1.807, 2.05) is 32.0 Å². The van der Waals surface area contributed by atoms with Crippen LogP contribution in [0.1, 0.15) is 30.4 Å². The molecule has 5 heteroatoms. The zero-order valence-corrected chi connectivity index (χ0v) is 11.9. The van der Waals surface area contributed by atoms with Gasteiger partial charge in [-0.1, -0.05) is 12.1 Å². The van der Waals surface area contributed by atoms with Crippen molar-refractivity contribution in [3.8, 4) is 5.75 Å². The highest BCUT2D eigenvalue weighted by molar-refractivity contribution is 5.76. The van der Waals surface area contributed by atoms with Gasteiger partial charge in [0.15, 0.2) is 0 Å². The number of amides is 1. The maximum atomic E-state index is 11.5. The van der Waals surface area contributed by atoms with E-state index < -0.39 is 5.97 Å². The summed E-state index contributed by atoms with van der Waals surface area (Å²) in [5, 5.41) is 11.1. The van der Waals surface area contributed by atoms with Crippen LogP contribution in [0.5, 0.6) is 5.75 Å². The van der Waals surface area contributed by atoms with Gasteiger partial charge in [-0.15, -0.1) is 0 Å². The Morgan fingerprint density at radius 2 is 2.00 bits per heavy atom. The molecule has 2 N–H and O–H groups in total. The van der Waals surface area contributed by atoms with Crippen molar-refractivity contribution in [1.29, 1.82) is 0 Å². The molecule has 0 aromatic heterocycles. The van der Waals surface area contributed by atoms with Gasteiger partial charge in [0.25, 0.3) is 0 Å². The smallest absolute Gasteiger partial charge is 0.303 e. The Kier molecular flexibility index (Phi) is 6.56. The Bertz CT molecular complexity index is 471. The molecule has 0 fully saturated rings. The molecule has 20 heavy (non-hydrogen) atoms. The predicted molar refractivity (Wildman–Crippen MR) is 75.9 cm³/mol. The zero-order chi connectivity index (χ0) is 15.0. The third kappa shape index (κ3) is 6.22. The van der Waals surface area contributed by atoms with Crippen molar-refractivity contribution < 1.29 is 19.4 Å². The maximum Gasteiger partial charge on any atom is 0.303 e. The second kappa shape index (κ2) is 8.19. The van der Waals surface area contributed by atoms with Crippen LogP contribution in [0.15, 0.2) is 18.2 Å². The summed E-state index contributed by atoms with van der Waals surface area (Å²) in [5.74, 6) is -0.179. The van der Waals surface area contributed by atoms with Gasteiger partial charge in [-0.2, -0.15) is 0 Å². The van der Waals surface area contributed by atoms with Gasteiger partial charge < -0.3 is 15.2 Å². The van der Waals surface area contributed by atoms with E-state index in [9.17, 15) is 9.59 Å². The van der Waals surface area contributed by atoms with Crippen molar-refractivity contribution in [2.24, 2.45) is 0 Å². The number of hydrogen-bond donors (Lipinski definition) is 2. The zero-order valence-electron chi connectivity index (χ0n) is 11.9. The van der Waals surface area contributed by atoms with E-state index in [0.717, 1.165) is 16.9 Å². The van der Waals surface area contributed by atoms with Crippen molar-refractivity contribution in [3.63, 3.8) is 0 Å². The van der Waals surface area contributed by atoms with Crippen LogP contribution in [0.2, 0.25) is 0 Å². The summed E-state index contributed by atoms with van der Waals surface area (Å²) >= 11 is 0. The summed E-state index contributed by atoms with van der Waals surface area (Å²) in [6.45, 7) is 4.64. The van der Waals surface area contributed by atoms with Crippen LogP contribution in [0.25, 0.3) is 0 Å². The summed E-state index contributed by atoms with van der Waals surface area (Å²) < 4.78 is 5.58. The molecule has 1 aromatic rings. The van der Waals surface area contributed by atoms with E-state index >= 15 is 0 Å². The molecule has 1 aromatic carbocycles. The molecule has 110 valence electrons. The van der Waals surface area contributed by atoms with E-state index in [1.165, 1.54) is 0 Å². The van der Waals surface area contributed by atoms with Gasteiger partial charge in [0.2, 0.25) is 5.91 Å². The van der Waals surface area contributed by atoms with Crippen molar-refractivity contribution in [1.82, 2.24) is 5.32 Å². The minimum atomic E-state index is -0.850. The predicted octanol–water partition coefficient (Wildman–Crippen LogP) is 2.05. The van der Waals surface area contributed by atoms with E-state index in [2.05, 4.69) is 5.32 Å². The Hall–Kier alpha value is -2.04. The number of aliphatic carboxylic acids is 1. The summed E-state index contributed by atoms with van der Waals surface area (Å²) in [6.07, 6.45) is 0.776. The van der Waals surface area contributed by atoms with Gasteiger partial charge in [0, 0.05) is 13.0 Å². The van der Waals surface area contributed by atoms with Crippen LogP contribution in [-0.2, 0) is 9.59 Å². The second-order valence-corrected chi connectivity index (χ2v) is 4.71. The molecular weight excluding hydrogens is 258 g/mol. The van der Waals surface area contributed by atoms with Crippen LogP contribution >= 0.6 is 0 Å². The van der Waals surface area contributed by atoms with E-state index in [-0.39, 0.29) is 18.7 Å². The van der Waals surface area contributed by atoms with Gasteiger partial charge in [0.05, 0.1) is 13.0 Å². The average molecular weight is 279 g/mol. The number of ether oxygens (including phenoxy) is 1. The first-order chi connectivity index (χ1) is 9.49. The lowest BCUT2D eigenvalue weighted by Crippen LogP contribution is -2.26. The molecule has 0 saturated carbocycles. The fourth-order valence-electron chi connectivity index (χ4n) is 1.67. The highest BCUT2D eigenvalue weighted by Crippen LogP contribution is 2.19. The fraction of sp³-hybridized carbons (Fsp3) is 0.467. The molecule has 0 saturated heterocycles. The van der Waals surface area contributed by atoms with Crippen LogP contribution in [0.4, 0.5) is 0 Å². The summed E-state index contributed by atoms with van der Waals surface area (Å²) in [5.41, 5.74) is 2.15. The largest absolute Gasteiger partial charge is 0.493 e. The molecule has 0 radical (unpaired) electrons. The standard InChI is InChI=1S/C15H21NO4/c1-11-5-6-12(2)13(10-11)20-9-7-14(17)16-8-3-4-15(18)19/h5-6,10H,3-4,7-9H2,1-2H3,(H,16,17)(H,18,19). The average Bonchev–Trinajstić information content (AvgIpc) is 2.38. The quantitative estimate of drug-likeness (QED) is 0.714. The minimum Gasteiger partial charge on any atom is -0.493 e. The van der Waals surface area contributed by atoms with Gasteiger partial charge in [0.1, 0.15) is 5.75 Å². The van der Waals surface area contributed by atoms with E-state index in [0.29, 0.717) is 19.6 Å². The molecule has 0 bridgehead atoms. The molecule has 1 rings (SSSR count). The maximum absolute atomic E-state index is 11.5. The van der Waals surface area contributed by atoms with Gasteiger partial charge in [-0.05, 0) is 37.5 Å². The lowest BCUT2D eigenvalue weighted by molar-refractivity contribution is -0.137. The molecule has 0 aliphatic heterocycles. The number of benzene rings is 1. The number of aryl methyl sites for hydroxylation is 2. The third-order valence-electron chi connectivity index (χ3n) is 2.82. The van der Waals surface area contributed by atoms with Crippen LogP contribution < -0.4 is 10.1 Å². The highest BCUT2D eigenvalue weighted by atomic mass is 16.5. The van der Waals surface area contributed by atoms with Crippen molar-refractivity contribution in [2.45, 2.75) is 33.1 Å². The molecule has 1 amide bonds. The number of carbonyl (C=O) groups is 2. The summed E-state index contributed by atoms with van der Waals surface area (Å²) in [4.78, 5) is 21.8. The Morgan fingerprint density at radius 1 is 1.25 bits per heavy atom. The lowest BCUT2D eigenvalue weighted by Gasteiger charge is -2.10. The third-order valence-corrected chi connectivity index (χ3v) is 2.82. The van der Waals surface area contributed by atoms with Crippen LogP contribution in [-0.4, -0.2) is 30.1 Å². The number of rotatable bonds is 8. The molecule has 0 atom stereocenters. The normalized spacial score (nSPS) is 10.1. The molecular formula is C15H21NO4. The van der Waals surface area contributed by atoms with Crippen LogP contribution in [0, 0.1) is 13.8 Å². The first-order valence-electron chi connectivity index (χ1n) is 6.67. The molecule has 0 heterocycles. The highest BCUT2D eigenvalue weighted by Gasteiger charge is 2.04. The monoisotopic (exact) mass is 279 g/mol. The number of nitrogens with one attached hydrogen (secondary N) is 1. The molecule has 0 aliphatic rings. The van der Waals surface area contributed by atoms with E-state index in [4.69, 9.17) is 9.84 Å². The molecule has 0 spiro atoms. The Labute approximate surface area is 118 Å².